The molecule has 0 aliphatic heterocycles. The van der Waals surface area contributed by atoms with Gasteiger partial charge in [0.2, 0.25) is 0 Å². The van der Waals surface area contributed by atoms with Crippen molar-refractivity contribution in [1.29, 1.82) is 0 Å². The summed E-state index contributed by atoms with van der Waals surface area (Å²) >= 11 is 0. The number of carbonyl (C=O) groups excluding carboxylic acids is 1. The van der Waals surface area contributed by atoms with Gasteiger partial charge in [0.1, 0.15) is 0 Å². The van der Waals surface area contributed by atoms with E-state index in [1.54, 1.807) is 0 Å². The summed E-state index contributed by atoms with van der Waals surface area (Å²) in [5, 5.41) is 0. The molecule has 1 aliphatic carbocycles. The summed E-state index contributed by atoms with van der Waals surface area (Å²) in [5.41, 5.74) is 5.16. The van der Waals surface area contributed by atoms with Crippen LogP contribution in [0.1, 0.15) is 41.5 Å². The predicted molar refractivity (Wildman–Crippen MR) is 83.4 cm³/mol. The van der Waals surface area contributed by atoms with Gasteiger partial charge in [-0.2, -0.15) is 0 Å². The molecule has 108 valence electrons. The molecule has 2 heteroatoms. The van der Waals surface area contributed by atoms with Gasteiger partial charge in [-0.15, -0.1) is 0 Å². The minimum absolute atomic E-state index is 0.0735. The van der Waals surface area contributed by atoms with E-state index < -0.39 is 0 Å². The van der Waals surface area contributed by atoms with Crippen molar-refractivity contribution >= 4 is 5.97 Å². The summed E-state index contributed by atoms with van der Waals surface area (Å²) in [7, 11) is 0. The van der Waals surface area contributed by atoms with Crippen molar-refractivity contribution in [1.82, 2.24) is 0 Å². The summed E-state index contributed by atoms with van der Waals surface area (Å²) in [6.45, 7) is 2.31. The van der Waals surface area contributed by atoms with Crippen LogP contribution in [-0.4, -0.2) is 12.6 Å². The Labute approximate surface area is 125 Å². The topological polar surface area (TPSA) is 26.3 Å². The fourth-order valence-corrected chi connectivity index (χ4v) is 3.20. The maximum atomic E-state index is 12.1. The van der Waals surface area contributed by atoms with Crippen LogP contribution in [0.3, 0.4) is 0 Å². The Morgan fingerprint density at radius 3 is 2.71 bits per heavy atom. The molecule has 0 N–H and O–H groups in total. The number of fused-ring (bicyclic) bond motifs is 1. The molecule has 0 radical (unpaired) electrons. The van der Waals surface area contributed by atoms with E-state index in [2.05, 4.69) is 42.5 Å². The van der Waals surface area contributed by atoms with Crippen LogP contribution in [-0.2, 0) is 22.4 Å². The first-order chi connectivity index (χ1) is 10.3. The van der Waals surface area contributed by atoms with Crippen molar-refractivity contribution < 1.29 is 9.53 Å². The maximum absolute atomic E-state index is 12.1. The Balaban J connectivity index is 1.87. The molecule has 0 saturated heterocycles. The minimum Gasteiger partial charge on any atom is -0.466 e. The highest BCUT2D eigenvalue weighted by Crippen LogP contribution is 2.36. The average Bonchev–Trinajstić information content (AvgIpc) is 2.94. The minimum atomic E-state index is -0.0758. The Morgan fingerprint density at radius 2 is 1.95 bits per heavy atom. The van der Waals surface area contributed by atoms with E-state index in [1.807, 2.05) is 13.0 Å². The third-order valence-corrected chi connectivity index (χ3v) is 4.18. The van der Waals surface area contributed by atoms with Gasteiger partial charge >= 0.3 is 5.97 Å². The number of hydrogen-bond acceptors (Lipinski definition) is 2. The standard InChI is InChI=1S/C19H20O2/c1-2-21-19(20)18-12-11-16-15(9-6-10-17(16)18)13-14-7-4-3-5-8-14/h3-10,18H,2,11-13H2,1H3. The summed E-state index contributed by atoms with van der Waals surface area (Å²) < 4.78 is 5.20. The molecule has 0 heterocycles. The molecular formula is C19H20O2. The zero-order valence-corrected chi connectivity index (χ0v) is 12.3. The van der Waals surface area contributed by atoms with Crippen molar-refractivity contribution in [3.05, 3.63) is 70.8 Å². The monoisotopic (exact) mass is 280 g/mol. The van der Waals surface area contributed by atoms with Crippen LogP contribution in [0.4, 0.5) is 0 Å². The number of benzene rings is 2. The second-order valence-electron chi connectivity index (χ2n) is 5.49. The van der Waals surface area contributed by atoms with E-state index in [0.29, 0.717) is 6.61 Å². The van der Waals surface area contributed by atoms with Crippen LogP contribution in [0.2, 0.25) is 0 Å². The van der Waals surface area contributed by atoms with Gasteiger partial charge in [0.25, 0.3) is 0 Å². The molecule has 0 amide bonds. The van der Waals surface area contributed by atoms with E-state index >= 15 is 0 Å². The maximum Gasteiger partial charge on any atom is 0.313 e. The second-order valence-corrected chi connectivity index (χ2v) is 5.49. The van der Waals surface area contributed by atoms with Crippen LogP contribution in [0.15, 0.2) is 48.5 Å². The predicted octanol–water partition coefficient (Wildman–Crippen LogP) is 3.87. The summed E-state index contributed by atoms with van der Waals surface area (Å²) in [4.78, 5) is 12.1. The van der Waals surface area contributed by atoms with Gasteiger partial charge in [-0.3, -0.25) is 4.79 Å². The molecule has 21 heavy (non-hydrogen) atoms. The van der Waals surface area contributed by atoms with Gasteiger partial charge in [0, 0.05) is 0 Å². The molecule has 2 aromatic rings. The normalized spacial score (nSPS) is 16.5. The van der Waals surface area contributed by atoms with Crippen molar-refractivity contribution in [2.24, 2.45) is 0 Å². The molecule has 1 unspecified atom stereocenters. The lowest BCUT2D eigenvalue weighted by Crippen LogP contribution is -2.13. The highest BCUT2D eigenvalue weighted by atomic mass is 16.5. The molecule has 1 aliphatic rings. The molecule has 0 aromatic heterocycles. The Hall–Kier alpha value is -2.09. The highest BCUT2D eigenvalue weighted by Gasteiger charge is 2.30. The zero-order chi connectivity index (χ0) is 14.7. The number of ether oxygens (including phenoxy) is 1. The van der Waals surface area contributed by atoms with Gasteiger partial charge in [0.05, 0.1) is 12.5 Å². The number of hydrogen-bond donors (Lipinski definition) is 0. The van der Waals surface area contributed by atoms with Crippen molar-refractivity contribution in [3.8, 4) is 0 Å². The van der Waals surface area contributed by atoms with Crippen LogP contribution >= 0.6 is 0 Å². The number of rotatable bonds is 4. The molecular weight excluding hydrogens is 260 g/mol. The Bertz CT molecular complexity index is 631. The van der Waals surface area contributed by atoms with Gasteiger partial charge in [-0.05, 0) is 48.4 Å². The van der Waals surface area contributed by atoms with Gasteiger partial charge in [-0.25, -0.2) is 0 Å². The molecule has 2 aromatic carbocycles. The van der Waals surface area contributed by atoms with Gasteiger partial charge < -0.3 is 4.74 Å². The third-order valence-electron chi connectivity index (χ3n) is 4.18. The largest absolute Gasteiger partial charge is 0.466 e. The van der Waals surface area contributed by atoms with E-state index in [0.717, 1.165) is 19.3 Å². The van der Waals surface area contributed by atoms with Crippen molar-refractivity contribution in [3.63, 3.8) is 0 Å². The SMILES string of the molecule is CCOC(=O)C1CCc2c(Cc3ccccc3)cccc21. The van der Waals surface area contributed by atoms with Crippen molar-refractivity contribution in [2.75, 3.05) is 6.61 Å². The lowest BCUT2D eigenvalue weighted by molar-refractivity contribution is -0.144. The summed E-state index contributed by atoms with van der Waals surface area (Å²) in [6, 6.07) is 16.8. The lowest BCUT2D eigenvalue weighted by Gasteiger charge is -2.12. The van der Waals surface area contributed by atoms with Crippen LogP contribution in [0.5, 0.6) is 0 Å². The van der Waals surface area contributed by atoms with Gasteiger partial charge in [-0.1, -0.05) is 48.5 Å². The summed E-state index contributed by atoms with van der Waals surface area (Å²) in [5.74, 6) is -0.149. The zero-order valence-electron chi connectivity index (χ0n) is 12.3. The quantitative estimate of drug-likeness (QED) is 0.795. The van der Waals surface area contributed by atoms with E-state index in [4.69, 9.17) is 4.74 Å². The molecule has 0 saturated carbocycles. The molecule has 0 fully saturated rings. The van der Waals surface area contributed by atoms with E-state index in [1.165, 1.54) is 22.3 Å². The van der Waals surface area contributed by atoms with E-state index in [-0.39, 0.29) is 11.9 Å². The Kier molecular flexibility index (Phi) is 4.05. The lowest BCUT2D eigenvalue weighted by atomic mass is 9.95. The van der Waals surface area contributed by atoms with Crippen LogP contribution in [0.25, 0.3) is 0 Å². The first kappa shape index (κ1) is 13.9. The van der Waals surface area contributed by atoms with Gasteiger partial charge in [0.15, 0.2) is 0 Å². The molecule has 1 atom stereocenters. The van der Waals surface area contributed by atoms with Crippen LogP contribution < -0.4 is 0 Å². The first-order valence-electron chi connectivity index (χ1n) is 7.60. The average molecular weight is 280 g/mol. The number of esters is 1. The third kappa shape index (κ3) is 2.85. The fraction of sp³-hybridized carbons (Fsp3) is 0.316. The highest BCUT2D eigenvalue weighted by molar-refractivity contribution is 5.80. The van der Waals surface area contributed by atoms with Crippen molar-refractivity contribution in [2.45, 2.75) is 32.1 Å². The molecule has 2 nitrogen and oxygen atoms in total. The molecule has 0 spiro atoms. The first-order valence-corrected chi connectivity index (χ1v) is 7.60. The molecule has 3 rings (SSSR count). The van der Waals surface area contributed by atoms with Crippen LogP contribution in [0, 0.1) is 0 Å². The van der Waals surface area contributed by atoms with E-state index in [9.17, 15) is 4.79 Å². The second kappa shape index (κ2) is 6.13. The molecule has 0 bridgehead atoms. The Morgan fingerprint density at radius 1 is 1.14 bits per heavy atom. The fourth-order valence-electron chi connectivity index (χ4n) is 3.20. The number of carbonyl (C=O) groups is 1. The smallest absolute Gasteiger partial charge is 0.313 e. The summed E-state index contributed by atoms with van der Waals surface area (Å²) in [6.07, 6.45) is 2.78.